The fourth-order valence-corrected chi connectivity index (χ4v) is 2.35. The monoisotopic (exact) mass is 244 g/mol. The normalized spacial score (nSPS) is 26.8. The van der Waals surface area contributed by atoms with Gasteiger partial charge in [-0.05, 0) is 30.2 Å². The molecular weight excluding hydrogens is 232 g/mol. The molecule has 17 heavy (non-hydrogen) atoms. The summed E-state index contributed by atoms with van der Waals surface area (Å²) < 4.78 is 5.87. The highest BCUT2D eigenvalue weighted by Gasteiger charge is 2.54. The number of ether oxygens (including phenoxy) is 1. The third kappa shape index (κ3) is 1.86. The van der Waals surface area contributed by atoms with E-state index in [0.717, 1.165) is 5.02 Å². The van der Waals surface area contributed by atoms with Crippen LogP contribution < -0.4 is 0 Å². The standard InChI is InChI=1S/C15H13ClO/c1-15(12-5-3-2-4-6-12)14(17-15)11-7-9-13(16)10-8-11/h2-10,14H,1H3/t14-,15-/m1/s1. The van der Waals surface area contributed by atoms with E-state index < -0.39 is 0 Å². The lowest BCUT2D eigenvalue weighted by molar-refractivity contribution is 0.313. The molecule has 3 rings (SSSR count). The molecule has 0 radical (unpaired) electrons. The Labute approximate surface area is 106 Å². The fourth-order valence-electron chi connectivity index (χ4n) is 2.22. The maximum Gasteiger partial charge on any atom is 0.122 e. The van der Waals surface area contributed by atoms with E-state index in [1.807, 2.05) is 42.5 Å². The second-order valence-electron chi connectivity index (χ2n) is 4.52. The summed E-state index contributed by atoms with van der Waals surface area (Å²) in [5, 5.41) is 0.760. The van der Waals surface area contributed by atoms with Gasteiger partial charge in [0.05, 0.1) is 0 Å². The molecule has 0 bridgehead atoms. The lowest BCUT2D eigenvalue weighted by Crippen LogP contribution is -2.03. The van der Waals surface area contributed by atoms with E-state index in [-0.39, 0.29) is 11.7 Å². The Balaban J connectivity index is 1.88. The summed E-state index contributed by atoms with van der Waals surface area (Å²) in [6, 6.07) is 18.2. The Morgan fingerprint density at radius 3 is 2.29 bits per heavy atom. The van der Waals surface area contributed by atoms with Crippen LogP contribution in [0.4, 0.5) is 0 Å². The number of rotatable bonds is 2. The Hall–Kier alpha value is -1.31. The van der Waals surface area contributed by atoms with Gasteiger partial charge in [0.25, 0.3) is 0 Å². The molecule has 1 nitrogen and oxygen atoms in total. The van der Waals surface area contributed by atoms with Crippen LogP contribution in [-0.2, 0) is 10.3 Å². The summed E-state index contributed by atoms with van der Waals surface area (Å²) in [4.78, 5) is 0. The van der Waals surface area contributed by atoms with Gasteiger partial charge in [-0.3, -0.25) is 0 Å². The van der Waals surface area contributed by atoms with Crippen molar-refractivity contribution in [3.05, 3.63) is 70.7 Å². The minimum atomic E-state index is -0.185. The zero-order valence-electron chi connectivity index (χ0n) is 9.56. The minimum Gasteiger partial charge on any atom is -0.356 e. The molecule has 0 saturated carbocycles. The van der Waals surface area contributed by atoms with Gasteiger partial charge in [0, 0.05) is 5.02 Å². The van der Waals surface area contributed by atoms with Crippen molar-refractivity contribution in [1.82, 2.24) is 0 Å². The third-order valence-electron chi connectivity index (χ3n) is 3.33. The number of benzene rings is 2. The van der Waals surface area contributed by atoms with Gasteiger partial charge < -0.3 is 4.74 Å². The number of hydrogen-bond acceptors (Lipinski definition) is 1. The molecule has 0 unspecified atom stereocenters. The SMILES string of the molecule is C[C@]1(c2ccccc2)O[C@@H]1c1ccc(Cl)cc1. The van der Waals surface area contributed by atoms with E-state index in [4.69, 9.17) is 16.3 Å². The van der Waals surface area contributed by atoms with E-state index in [2.05, 4.69) is 19.1 Å². The summed E-state index contributed by atoms with van der Waals surface area (Å²) in [6.45, 7) is 2.13. The first-order valence-electron chi connectivity index (χ1n) is 5.69. The van der Waals surface area contributed by atoms with Crippen LogP contribution in [0, 0.1) is 0 Å². The summed E-state index contributed by atoms with van der Waals surface area (Å²) in [5.41, 5.74) is 2.22. The molecule has 0 amide bonds. The Morgan fingerprint density at radius 1 is 1.00 bits per heavy atom. The van der Waals surface area contributed by atoms with E-state index in [1.165, 1.54) is 11.1 Å². The molecule has 2 aromatic rings. The molecular formula is C15H13ClO. The van der Waals surface area contributed by atoms with Gasteiger partial charge in [-0.15, -0.1) is 0 Å². The zero-order chi connectivity index (χ0) is 11.9. The molecule has 1 aliphatic rings. The summed E-state index contributed by atoms with van der Waals surface area (Å²) in [7, 11) is 0. The van der Waals surface area contributed by atoms with Crippen molar-refractivity contribution in [3.63, 3.8) is 0 Å². The molecule has 1 saturated heterocycles. The summed E-state index contributed by atoms with van der Waals surface area (Å²) >= 11 is 5.88. The van der Waals surface area contributed by atoms with Crippen LogP contribution in [0.2, 0.25) is 5.02 Å². The van der Waals surface area contributed by atoms with Gasteiger partial charge in [0.2, 0.25) is 0 Å². The van der Waals surface area contributed by atoms with Crippen LogP contribution in [-0.4, -0.2) is 0 Å². The van der Waals surface area contributed by atoms with Crippen molar-refractivity contribution in [2.24, 2.45) is 0 Å². The summed E-state index contributed by atoms with van der Waals surface area (Å²) in [6.07, 6.45) is 0.141. The van der Waals surface area contributed by atoms with Crippen molar-refractivity contribution in [1.29, 1.82) is 0 Å². The quantitative estimate of drug-likeness (QED) is 0.717. The zero-order valence-corrected chi connectivity index (χ0v) is 10.3. The molecule has 2 atom stereocenters. The van der Waals surface area contributed by atoms with Crippen molar-refractivity contribution >= 4 is 11.6 Å². The smallest absolute Gasteiger partial charge is 0.122 e. The Kier molecular flexibility index (Phi) is 2.46. The van der Waals surface area contributed by atoms with Crippen LogP contribution in [0.5, 0.6) is 0 Å². The Morgan fingerprint density at radius 2 is 1.65 bits per heavy atom. The number of hydrogen-bond donors (Lipinski definition) is 0. The van der Waals surface area contributed by atoms with Gasteiger partial charge in [-0.2, -0.15) is 0 Å². The fraction of sp³-hybridized carbons (Fsp3) is 0.200. The third-order valence-corrected chi connectivity index (χ3v) is 3.58. The average Bonchev–Trinajstić information content (AvgIpc) is 3.05. The Bertz CT molecular complexity index is 520. The van der Waals surface area contributed by atoms with Crippen LogP contribution in [0.25, 0.3) is 0 Å². The molecule has 1 aliphatic heterocycles. The van der Waals surface area contributed by atoms with Crippen LogP contribution in [0.3, 0.4) is 0 Å². The van der Waals surface area contributed by atoms with E-state index in [1.54, 1.807) is 0 Å². The van der Waals surface area contributed by atoms with Crippen molar-refractivity contribution < 1.29 is 4.74 Å². The van der Waals surface area contributed by atoms with Gasteiger partial charge in [0.15, 0.2) is 0 Å². The number of epoxide rings is 1. The molecule has 0 N–H and O–H groups in total. The minimum absolute atomic E-state index is 0.141. The van der Waals surface area contributed by atoms with Crippen molar-refractivity contribution in [2.75, 3.05) is 0 Å². The molecule has 2 aromatic carbocycles. The molecule has 0 aromatic heterocycles. The number of halogens is 1. The topological polar surface area (TPSA) is 12.5 Å². The molecule has 0 aliphatic carbocycles. The van der Waals surface area contributed by atoms with Crippen molar-refractivity contribution in [3.8, 4) is 0 Å². The second kappa shape index (κ2) is 3.86. The molecule has 0 spiro atoms. The first-order chi connectivity index (χ1) is 8.20. The average molecular weight is 245 g/mol. The lowest BCUT2D eigenvalue weighted by Gasteiger charge is -2.06. The molecule has 2 heteroatoms. The van der Waals surface area contributed by atoms with Crippen LogP contribution >= 0.6 is 11.6 Å². The van der Waals surface area contributed by atoms with Gasteiger partial charge >= 0.3 is 0 Å². The lowest BCUT2D eigenvalue weighted by atomic mass is 9.94. The first kappa shape index (κ1) is 10.8. The maximum atomic E-state index is 5.88. The highest BCUT2D eigenvalue weighted by molar-refractivity contribution is 6.30. The van der Waals surface area contributed by atoms with E-state index in [0.29, 0.717) is 0 Å². The van der Waals surface area contributed by atoms with E-state index in [9.17, 15) is 0 Å². The van der Waals surface area contributed by atoms with Crippen LogP contribution in [0.1, 0.15) is 24.2 Å². The predicted octanol–water partition coefficient (Wildman–Crippen LogP) is 4.33. The predicted molar refractivity (Wildman–Crippen MR) is 69.1 cm³/mol. The van der Waals surface area contributed by atoms with Gasteiger partial charge in [0.1, 0.15) is 11.7 Å². The molecule has 1 fully saturated rings. The first-order valence-corrected chi connectivity index (χ1v) is 6.07. The van der Waals surface area contributed by atoms with Crippen LogP contribution in [0.15, 0.2) is 54.6 Å². The van der Waals surface area contributed by atoms with Crippen molar-refractivity contribution in [2.45, 2.75) is 18.6 Å². The molecule has 86 valence electrons. The van der Waals surface area contributed by atoms with Gasteiger partial charge in [-0.1, -0.05) is 54.1 Å². The highest BCUT2D eigenvalue weighted by Crippen LogP contribution is 2.56. The molecule has 1 heterocycles. The largest absolute Gasteiger partial charge is 0.356 e. The highest BCUT2D eigenvalue weighted by atomic mass is 35.5. The second-order valence-corrected chi connectivity index (χ2v) is 4.96. The summed E-state index contributed by atoms with van der Waals surface area (Å²) in [5.74, 6) is 0. The van der Waals surface area contributed by atoms with E-state index >= 15 is 0 Å². The maximum absolute atomic E-state index is 5.88. The van der Waals surface area contributed by atoms with Gasteiger partial charge in [-0.25, -0.2) is 0 Å².